The minimum atomic E-state index is -0.889. The normalized spacial score (nSPS) is 18.1. The molecule has 1 saturated heterocycles. The molecule has 1 unspecified atom stereocenters. The summed E-state index contributed by atoms with van der Waals surface area (Å²) >= 11 is 0. The van der Waals surface area contributed by atoms with Crippen LogP contribution >= 0.6 is 0 Å². The first-order chi connectivity index (χ1) is 11.0. The standard InChI is InChI=1S/C17H22F2N2O2/c1-21-10-2-3-13(21)8-9-20-17(23)7-6-16(22)14-5-4-12(18)11-15(14)19/h4-5,11,13H,2-3,6-10H2,1H3,(H,20,23). The summed E-state index contributed by atoms with van der Waals surface area (Å²) in [6, 6.07) is 3.33. The second-order valence-corrected chi connectivity index (χ2v) is 5.96. The van der Waals surface area contributed by atoms with Crippen molar-refractivity contribution in [3.05, 3.63) is 35.4 Å². The summed E-state index contributed by atoms with van der Waals surface area (Å²) in [5.74, 6) is -2.33. The molecule has 0 aromatic heterocycles. The van der Waals surface area contributed by atoms with E-state index in [4.69, 9.17) is 0 Å². The van der Waals surface area contributed by atoms with Crippen LogP contribution in [0.25, 0.3) is 0 Å². The number of benzene rings is 1. The molecule has 1 aromatic rings. The van der Waals surface area contributed by atoms with Gasteiger partial charge in [-0.15, -0.1) is 0 Å². The summed E-state index contributed by atoms with van der Waals surface area (Å²) in [7, 11) is 2.08. The molecule has 4 nitrogen and oxygen atoms in total. The maximum atomic E-state index is 13.5. The Morgan fingerprint density at radius 3 is 2.74 bits per heavy atom. The van der Waals surface area contributed by atoms with E-state index in [9.17, 15) is 18.4 Å². The fraction of sp³-hybridized carbons (Fsp3) is 0.529. The van der Waals surface area contributed by atoms with Crippen LogP contribution in [0.3, 0.4) is 0 Å². The zero-order chi connectivity index (χ0) is 16.8. The van der Waals surface area contributed by atoms with Crippen LogP contribution in [-0.4, -0.2) is 42.8 Å². The number of rotatable bonds is 7. The van der Waals surface area contributed by atoms with Crippen molar-refractivity contribution >= 4 is 11.7 Å². The van der Waals surface area contributed by atoms with Crippen molar-refractivity contribution in [3.8, 4) is 0 Å². The fourth-order valence-electron chi connectivity index (χ4n) is 2.89. The number of carbonyl (C=O) groups is 2. The lowest BCUT2D eigenvalue weighted by Gasteiger charge is -2.19. The lowest BCUT2D eigenvalue weighted by Crippen LogP contribution is -2.31. The molecule has 1 fully saturated rings. The number of Topliss-reactive ketones (excluding diaryl/α,β-unsaturated/α-hetero) is 1. The van der Waals surface area contributed by atoms with E-state index in [0.717, 1.165) is 31.5 Å². The fourth-order valence-corrected chi connectivity index (χ4v) is 2.89. The highest BCUT2D eigenvalue weighted by molar-refractivity contribution is 5.98. The highest BCUT2D eigenvalue weighted by Gasteiger charge is 2.20. The molecule has 1 heterocycles. The first-order valence-electron chi connectivity index (χ1n) is 7.92. The second kappa shape index (κ2) is 8.15. The summed E-state index contributed by atoms with van der Waals surface area (Å²) in [5, 5.41) is 2.79. The van der Waals surface area contributed by atoms with Crippen LogP contribution in [0.4, 0.5) is 8.78 Å². The molecule has 126 valence electrons. The van der Waals surface area contributed by atoms with Gasteiger partial charge in [-0.05, 0) is 45.0 Å². The second-order valence-electron chi connectivity index (χ2n) is 5.96. The minimum absolute atomic E-state index is 0.0101. The van der Waals surface area contributed by atoms with Gasteiger partial charge >= 0.3 is 0 Å². The van der Waals surface area contributed by atoms with E-state index >= 15 is 0 Å². The molecule has 0 radical (unpaired) electrons. The van der Waals surface area contributed by atoms with Gasteiger partial charge in [0, 0.05) is 31.5 Å². The van der Waals surface area contributed by atoms with E-state index < -0.39 is 17.4 Å². The van der Waals surface area contributed by atoms with Gasteiger partial charge in [0.1, 0.15) is 11.6 Å². The van der Waals surface area contributed by atoms with Crippen molar-refractivity contribution < 1.29 is 18.4 Å². The van der Waals surface area contributed by atoms with Crippen molar-refractivity contribution in [2.24, 2.45) is 0 Å². The number of hydrogen-bond acceptors (Lipinski definition) is 3. The van der Waals surface area contributed by atoms with Gasteiger partial charge in [0.2, 0.25) is 5.91 Å². The third kappa shape index (κ3) is 5.10. The molecule has 2 rings (SSSR count). The van der Waals surface area contributed by atoms with Crippen molar-refractivity contribution in [2.45, 2.75) is 38.1 Å². The Balaban J connectivity index is 1.70. The molecule has 1 aliphatic rings. The zero-order valence-electron chi connectivity index (χ0n) is 13.3. The van der Waals surface area contributed by atoms with Crippen LogP contribution in [0, 0.1) is 11.6 Å². The van der Waals surface area contributed by atoms with E-state index in [1.807, 2.05) is 0 Å². The van der Waals surface area contributed by atoms with E-state index in [0.29, 0.717) is 18.7 Å². The molecule has 0 bridgehead atoms. The largest absolute Gasteiger partial charge is 0.356 e. The number of hydrogen-bond donors (Lipinski definition) is 1. The SMILES string of the molecule is CN1CCCC1CCNC(=O)CCC(=O)c1ccc(F)cc1F. The molecule has 0 saturated carbocycles. The van der Waals surface area contributed by atoms with Gasteiger partial charge in [-0.2, -0.15) is 0 Å². The molecule has 0 aliphatic carbocycles. The van der Waals surface area contributed by atoms with Crippen molar-refractivity contribution in [1.29, 1.82) is 0 Å². The smallest absolute Gasteiger partial charge is 0.220 e. The van der Waals surface area contributed by atoms with Crippen molar-refractivity contribution in [3.63, 3.8) is 0 Å². The summed E-state index contributed by atoms with van der Waals surface area (Å²) in [6.07, 6.45) is 3.15. The van der Waals surface area contributed by atoms with E-state index in [1.165, 1.54) is 6.42 Å². The molecule has 1 aromatic carbocycles. The third-order valence-corrected chi connectivity index (χ3v) is 4.28. The van der Waals surface area contributed by atoms with Gasteiger partial charge in [-0.1, -0.05) is 0 Å². The lowest BCUT2D eigenvalue weighted by molar-refractivity contribution is -0.121. The van der Waals surface area contributed by atoms with Gasteiger partial charge in [0.25, 0.3) is 0 Å². The maximum absolute atomic E-state index is 13.5. The summed E-state index contributed by atoms with van der Waals surface area (Å²) < 4.78 is 26.3. The van der Waals surface area contributed by atoms with Gasteiger partial charge in [0.15, 0.2) is 5.78 Å². The molecular weight excluding hydrogens is 302 g/mol. The van der Waals surface area contributed by atoms with Crippen LogP contribution < -0.4 is 5.32 Å². The van der Waals surface area contributed by atoms with Crippen LogP contribution in [0.1, 0.15) is 42.5 Å². The topological polar surface area (TPSA) is 49.4 Å². The Morgan fingerprint density at radius 1 is 1.30 bits per heavy atom. The first kappa shape index (κ1) is 17.5. The summed E-state index contributed by atoms with van der Waals surface area (Å²) in [5.41, 5.74) is -0.174. The number of nitrogens with one attached hydrogen (secondary N) is 1. The van der Waals surface area contributed by atoms with Crippen LogP contribution in [0.2, 0.25) is 0 Å². The third-order valence-electron chi connectivity index (χ3n) is 4.28. The molecular formula is C17H22F2N2O2. The average molecular weight is 324 g/mol. The monoisotopic (exact) mass is 324 g/mol. The number of nitrogens with zero attached hydrogens (tertiary/aromatic N) is 1. The first-order valence-corrected chi connectivity index (χ1v) is 7.92. The maximum Gasteiger partial charge on any atom is 0.220 e. The summed E-state index contributed by atoms with van der Waals surface area (Å²) in [6.45, 7) is 1.67. The number of carbonyl (C=O) groups excluding carboxylic acids is 2. The number of likely N-dealkylation sites (tertiary alicyclic amines) is 1. The molecule has 6 heteroatoms. The van der Waals surface area contributed by atoms with Gasteiger partial charge < -0.3 is 10.2 Å². The quantitative estimate of drug-likeness (QED) is 0.784. The Hall–Kier alpha value is -1.82. The van der Waals surface area contributed by atoms with Crippen molar-refractivity contribution in [1.82, 2.24) is 10.2 Å². The number of halogens is 2. The van der Waals surface area contributed by atoms with Crippen LogP contribution in [0.15, 0.2) is 18.2 Å². The molecule has 1 N–H and O–H groups in total. The molecule has 23 heavy (non-hydrogen) atoms. The van der Waals surface area contributed by atoms with E-state index in [1.54, 1.807) is 0 Å². The number of amides is 1. The molecule has 1 amide bonds. The van der Waals surface area contributed by atoms with Gasteiger partial charge in [0.05, 0.1) is 5.56 Å². The Labute approximate surface area is 134 Å². The van der Waals surface area contributed by atoms with Crippen molar-refractivity contribution in [2.75, 3.05) is 20.1 Å². The van der Waals surface area contributed by atoms with Crippen LogP contribution in [-0.2, 0) is 4.79 Å². The Kier molecular flexibility index (Phi) is 6.21. The average Bonchev–Trinajstić information content (AvgIpc) is 2.90. The van der Waals surface area contributed by atoms with Gasteiger partial charge in [-0.25, -0.2) is 8.78 Å². The highest BCUT2D eigenvalue weighted by Crippen LogP contribution is 2.17. The molecule has 1 atom stereocenters. The molecule has 0 spiro atoms. The Bertz CT molecular complexity index is 578. The zero-order valence-corrected chi connectivity index (χ0v) is 13.3. The van der Waals surface area contributed by atoms with Gasteiger partial charge in [-0.3, -0.25) is 9.59 Å². The molecule has 1 aliphatic heterocycles. The highest BCUT2D eigenvalue weighted by atomic mass is 19.1. The van der Waals surface area contributed by atoms with Crippen LogP contribution in [0.5, 0.6) is 0 Å². The van der Waals surface area contributed by atoms with E-state index in [2.05, 4.69) is 17.3 Å². The summed E-state index contributed by atoms with van der Waals surface area (Å²) in [4.78, 5) is 25.9. The number of ketones is 1. The Morgan fingerprint density at radius 2 is 2.09 bits per heavy atom. The lowest BCUT2D eigenvalue weighted by atomic mass is 10.1. The predicted octanol–water partition coefficient (Wildman–Crippen LogP) is 2.53. The minimum Gasteiger partial charge on any atom is -0.356 e. The van der Waals surface area contributed by atoms with E-state index in [-0.39, 0.29) is 24.3 Å². The predicted molar refractivity (Wildman–Crippen MR) is 83.2 cm³/mol.